The number of hydrogen-bond acceptors (Lipinski definition) is 19. The van der Waals surface area contributed by atoms with E-state index in [1.165, 1.54) is 11.8 Å². The van der Waals surface area contributed by atoms with E-state index in [9.17, 15) is 5.41 Å². The molecule has 2 rings (SSSR count). The van der Waals surface area contributed by atoms with E-state index in [1.807, 2.05) is 4.90 Å². The summed E-state index contributed by atoms with van der Waals surface area (Å²) in [5, 5.41) is 21.1. The van der Waals surface area contributed by atoms with Crippen molar-refractivity contribution in [2.24, 2.45) is 46.4 Å². The number of guanidine groups is 3. The molecule has 2 heterocycles. The fraction of sp³-hybridized carbons (Fsp3) is 0.698. The number of anilines is 2. The Morgan fingerprint density at radius 3 is 2.08 bits per heavy atom. The molecule has 0 saturated heterocycles. The molecular weight excluding hydrogens is 911 g/mol. The van der Waals surface area contributed by atoms with Crippen molar-refractivity contribution in [3.63, 3.8) is 0 Å². The predicted molar refractivity (Wildman–Crippen MR) is 293 cm³/mol. The van der Waals surface area contributed by atoms with Crippen molar-refractivity contribution in [3.8, 4) is 0 Å². The van der Waals surface area contributed by atoms with Gasteiger partial charge in [0.2, 0.25) is 23.8 Å². The third kappa shape index (κ3) is 24.2. The summed E-state index contributed by atoms with van der Waals surface area (Å²) in [5.74, 6) is 5.99. The maximum absolute atomic E-state index is 9.21. The largest absolute Gasteiger partial charge is 0.369 e. The molecule has 0 aliphatic carbocycles. The van der Waals surface area contributed by atoms with E-state index in [0.29, 0.717) is 76.2 Å². The van der Waals surface area contributed by atoms with Crippen LogP contribution in [-0.2, 0) is 0 Å². The molecule has 1 aliphatic rings. The summed E-state index contributed by atoms with van der Waals surface area (Å²) < 4.78 is 0. The average Bonchev–Trinajstić information content (AvgIpc) is 3.31. The van der Waals surface area contributed by atoms with Crippen LogP contribution in [0.4, 0.5) is 11.9 Å². The highest BCUT2D eigenvalue weighted by atomic mass is 32.2. The molecule has 0 bridgehead atoms. The van der Waals surface area contributed by atoms with Crippen molar-refractivity contribution < 1.29 is 0 Å². The first-order valence-corrected chi connectivity index (χ1v) is 27.2. The molecular formula is C43H79N19S4. The van der Waals surface area contributed by atoms with E-state index in [-0.39, 0.29) is 25.0 Å². The molecule has 66 heavy (non-hydrogen) atoms. The molecule has 1 aromatic heterocycles. The number of aromatic nitrogens is 3. The van der Waals surface area contributed by atoms with Crippen molar-refractivity contribution in [3.05, 3.63) is 11.2 Å². The van der Waals surface area contributed by atoms with Gasteiger partial charge in [-0.2, -0.15) is 24.9 Å². The number of aliphatic imine (C=N–C) groups is 7. The summed E-state index contributed by atoms with van der Waals surface area (Å²) in [5.41, 5.74) is 13.2. The number of nitrogens with two attached hydrogens (primary N) is 2. The van der Waals surface area contributed by atoms with E-state index in [1.54, 1.807) is 74.6 Å². The van der Waals surface area contributed by atoms with Gasteiger partial charge in [-0.05, 0) is 38.2 Å². The van der Waals surface area contributed by atoms with Crippen LogP contribution in [0.5, 0.6) is 0 Å². The number of nitrogens with one attached hydrogen (secondary N) is 4. The summed E-state index contributed by atoms with van der Waals surface area (Å²) in [4.78, 5) is 53.2. The number of rotatable bonds is 27. The van der Waals surface area contributed by atoms with E-state index in [4.69, 9.17) is 41.4 Å². The number of thioether (sulfide) groups is 4. The van der Waals surface area contributed by atoms with Crippen LogP contribution in [0.2, 0.25) is 0 Å². The van der Waals surface area contributed by atoms with Gasteiger partial charge in [0.1, 0.15) is 16.7 Å². The Morgan fingerprint density at radius 1 is 0.833 bits per heavy atom. The quantitative estimate of drug-likeness (QED) is 0.0218. The van der Waals surface area contributed by atoms with Gasteiger partial charge < -0.3 is 42.1 Å². The lowest BCUT2D eigenvalue weighted by Crippen LogP contribution is -2.50. The number of unbranched alkanes of at least 4 members (excludes halogenated alkanes) is 8. The first-order valence-electron chi connectivity index (χ1n) is 23.3. The molecule has 19 nitrogen and oxygen atoms in total. The Labute approximate surface area is 412 Å². The molecule has 0 unspecified atom stereocenters. The number of nitrogens with zero attached hydrogens (tertiary/aromatic N) is 13. The lowest BCUT2D eigenvalue weighted by atomic mass is 10.3. The van der Waals surface area contributed by atoms with Gasteiger partial charge in [0, 0.05) is 77.8 Å². The van der Waals surface area contributed by atoms with Gasteiger partial charge in [-0.1, -0.05) is 114 Å². The summed E-state index contributed by atoms with van der Waals surface area (Å²) in [6.07, 6.45) is 14.8. The summed E-state index contributed by atoms with van der Waals surface area (Å²) in [6.45, 7) is 14.4. The molecule has 370 valence electrons. The van der Waals surface area contributed by atoms with Crippen LogP contribution < -0.4 is 27.4 Å². The lowest BCUT2D eigenvalue weighted by Gasteiger charge is -2.31. The Balaban J connectivity index is 2.85. The topological polar surface area (TPSA) is 247 Å². The molecule has 0 aromatic carbocycles. The molecule has 23 heteroatoms. The van der Waals surface area contributed by atoms with Gasteiger partial charge in [-0.3, -0.25) is 10.4 Å². The summed E-state index contributed by atoms with van der Waals surface area (Å²) in [7, 11) is 7.07. The van der Waals surface area contributed by atoms with E-state index in [2.05, 4.69) is 75.2 Å². The highest BCUT2D eigenvalue weighted by Gasteiger charge is 2.22. The summed E-state index contributed by atoms with van der Waals surface area (Å²) >= 11 is 6.30. The van der Waals surface area contributed by atoms with Crippen molar-refractivity contribution in [2.45, 2.75) is 110 Å². The zero-order chi connectivity index (χ0) is 48.4. The Morgan fingerprint density at radius 2 is 1.47 bits per heavy atom. The van der Waals surface area contributed by atoms with Gasteiger partial charge in [-0.25, -0.2) is 20.0 Å². The second kappa shape index (κ2) is 36.2. The molecule has 1 aromatic rings. The molecule has 0 amide bonds. The minimum Gasteiger partial charge on any atom is -0.369 e. The molecule has 0 saturated carbocycles. The van der Waals surface area contributed by atoms with Crippen LogP contribution in [0.15, 0.2) is 51.3 Å². The average molecular weight is 991 g/mol. The van der Waals surface area contributed by atoms with Crippen LogP contribution in [0.3, 0.4) is 0 Å². The van der Waals surface area contributed by atoms with Crippen molar-refractivity contribution in [1.82, 2.24) is 35.0 Å². The summed E-state index contributed by atoms with van der Waals surface area (Å²) in [6, 6.07) is 0. The molecule has 0 radical (unpaired) electrons. The van der Waals surface area contributed by atoms with Crippen LogP contribution in [-0.4, -0.2) is 167 Å². The second-order valence-corrected chi connectivity index (χ2v) is 19.3. The maximum Gasteiger partial charge on any atom is 0.228 e. The van der Waals surface area contributed by atoms with Gasteiger partial charge in [0.25, 0.3) is 0 Å². The first-order chi connectivity index (χ1) is 32.1. The molecule has 0 spiro atoms. The highest BCUT2D eigenvalue weighted by Crippen LogP contribution is 2.22. The van der Waals surface area contributed by atoms with E-state index < -0.39 is 0 Å². The number of amidine groups is 4. The fourth-order valence-corrected chi connectivity index (χ4v) is 9.18. The normalized spacial score (nSPS) is 18.4. The minimum atomic E-state index is 0.0109. The van der Waals surface area contributed by atoms with Gasteiger partial charge >= 0.3 is 0 Å². The van der Waals surface area contributed by atoms with Crippen LogP contribution in [0, 0.1) is 5.41 Å². The van der Waals surface area contributed by atoms with Gasteiger partial charge in [-0.15, -0.1) is 11.8 Å². The molecule has 1 aliphatic heterocycles. The van der Waals surface area contributed by atoms with Gasteiger partial charge in [0.15, 0.2) is 21.5 Å². The highest BCUT2D eigenvalue weighted by molar-refractivity contribution is 8.14. The molecule has 0 fully saturated rings. The predicted octanol–water partition coefficient (Wildman–Crippen LogP) is 7.35. The Kier molecular flexibility index (Phi) is 31.9. The molecule has 8 N–H and O–H groups in total. The third-order valence-corrected chi connectivity index (χ3v) is 13.4. The minimum absolute atomic E-state index is 0.0109. The Bertz CT molecular complexity index is 1800. The van der Waals surface area contributed by atoms with Crippen molar-refractivity contribution in [2.75, 3.05) is 101 Å². The lowest BCUT2D eigenvalue weighted by molar-refractivity contribution is 0.425. The van der Waals surface area contributed by atoms with Crippen LogP contribution >= 0.6 is 47.0 Å². The molecule has 0 atom stereocenters. The second-order valence-electron chi connectivity index (χ2n) is 15.0. The number of hydrogen-bond donors (Lipinski definition) is 6. The van der Waals surface area contributed by atoms with E-state index >= 15 is 0 Å². The van der Waals surface area contributed by atoms with E-state index in [0.717, 1.165) is 100 Å². The monoisotopic (exact) mass is 990 g/mol. The van der Waals surface area contributed by atoms with Crippen LogP contribution in [0.25, 0.3) is 0 Å². The zero-order valence-electron chi connectivity index (χ0n) is 40.9. The maximum atomic E-state index is 9.21. The third-order valence-electron chi connectivity index (χ3n) is 9.53. The van der Waals surface area contributed by atoms with Gasteiger partial charge in [0.05, 0.1) is 13.1 Å². The van der Waals surface area contributed by atoms with Crippen LogP contribution in [0.1, 0.15) is 105 Å². The zero-order valence-corrected chi connectivity index (χ0v) is 44.2. The Hall–Kier alpha value is -3.93. The SMILES string of the molecule is C=N/C(=N\C(CN(CCNc1nc(NC)nc(SCCCCC)n1)/C1=N/C(SCCCCC)=N\C(=N)N(C)/C=C(SCCCCC)/N=C(NC)\N=C(/N)N(CCN)C1)=N/C)SCCCCC. The standard InChI is InChI=1S/C43H79N19S4/c1-10-14-18-26-63-35-32-60(9)36(45)56-42(65-28-20-16-12-3)53-34(31-62(24-22-44)37(46)55-38(48-6)54-35)61(30-33(47-5)52-41(50-8)64-27-19-15-11-2)25-23-51-40-57-39(49-7)58-43(59-40)66-29-21-17-13-4/h32,45H,8,10-31,44H2,1-7,9H3,(H3,46,48,54,55)(H2,49,51,57,58,59)/b35-32-,45-36?,47-33-,52-41+,53-34+,56-42+. The fourth-order valence-electron chi connectivity index (χ4n) is 5.76. The smallest absolute Gasteiger partial charge is 0.228 e. The first kappa shape index (κ1) is 58.2. The van der Waals surface area contributed by atoms with Crippen molar-refractivity contribution >= 4 is 106 Å². The van der Waals surface area contributed by atoms with Crippen molar-refractivity contribution in [1.29, 1.82) is 5.41 Å².